The van der Waals surface area contributed by atoms with Gasteiger partial charge in [0.05, 0.1) is 19.1 Å². The predicted octanol–water partition coefficient (Wildman–Crippen LogP) is 3.67. The van der Waals surface area contributed by atoms with E-state index >= 15 is 0 Å². The lowest BCUT2D eigenvalue weighted by atomic mass is 9.42. The Morgan fingerprint density at radius 2 is 1.96 bits per heavy atom. The van der Waals surface area contributed by atoms with Gasteiger partial charge < -0.3 is 9.84 Å². The fourth-order valence-corrected chi connectivity index (χ4v) is 6.58. The van der Waals surface area contributed by atoms with Crippen LogP contribution in [0, 0.1) is 28.1 Å². The molecule has 0 amide bonds. The van der Waals surface area contributed by atoms with Crippen molar-refractivity contribution in [3.05, 3.63) is 11.6 Å². The molecule has 140 valence electrons. The number of hydrogen-bond donors (Lipinski definition) is 1. The Morgan fingerprint density at radius 3 is 2.60 bits per heavy atom. The van der Waals surface area contributed by atoms with Crippen molar-refractivity contribution in [2.45, 2.75) is 65.7 Å². The molecule has 0 aromatic heterocycles. The fourth-order valence-electron chi connectivity index (χ4n) is 6.58. The monoisotopic (exact) mass is 348 g/mol. The highest BCUT2D eigenvalue weighted by Gasteiger charge is 2.61. The number of allylic oxidation sites excluding steroid dienone is 1. The number of Topliss-reactive ketones (excluding diaryl/α,β-unsaturated/α-hetero) is 1. The molecule has 0 aromatic carbocycles. The molecule has 0 bridgehead atoms. The Morgan fingerprint density at radius 1 is 1.24 bits per heavy atom. The molecule has 0 spiro atoms. The second kappa shape index (κ2) is 6.22. The second-order valence-electron chi connectivity index (χ2n) is 9.36. The van der Waals surface area contributed by atoms with Gasteiger partial charge in [-0.2, -0.15) is 0 Å². The normalized spacial score (nSPS) is 40.4. The molecule has 0 heterocycles. The molecule has 0 saturated heterocycles. The molecular formula is C21H32O4. The molecular weight excluding hydrogens is 316 g/mol. The summed E-state index contributed by atoms with van der Waals surface area (Å²) in [5, 5.41) is 10.3. The van der Waals surface area contributed by atoms with Crippen LogP contribution in [0.25, 0.3) is 0 Å². The van der Waals surface area contributed by atoms with Crippen molar-refractivity contribution >= 4 is 11.8 Å². The van der Waals surface area contributed by atoms with Gasteiger partial charge in [-0.1, -0.05) is 33.3 Å². The van der Waals surface area contributed by atoms with Gasteiger partial charge in [-0.3, -0.25) is 4.79 Å². The van der Waals surface area contributed by atoms with E-state index < -0.39 is 11.4 Å². The third-order valence-electron chi connectivity index (χ3n) is 7.85. The van der Waals surface area contributed by atoms with Crippen LogP contribution in [0.15, 0.2) is 11.6 Å². The summed E-state index contributed by atoms with van der Waals surface area (Å²) in [7, 11) is 1.36. The smallest absolute Gasteiger partial charge is 0.333 e. The number of ketones is 1. The third-order valence-corrected chi connectivity index (χ3v) is 7.85. The molecule has 4 atom stereocenters. The Labute approximate surface area is 151 Å². The molecule has 0 aromatic rings. The summed E-state index contributed by atoms with van der Waals surface area (Å²) in [6.07, 6.45) is 7.90. The lowest BCUT2D eigenvalue weighted by molar-refractivity contribution is -0.166. The summed E-state index contributed by atoms with van der Waals surface area (Å²) in [5.41, 5.74) is 0.0505. The highest BCUT2D eigenvalue weighted by atomic mass is 16.5. The number of hydrogen-bond acceptors (Lipinski definition) is 4. The highest BCUT2D eigenvalue weighted by Crippen LogP contribution is 2.65. The quantitative estimate of drug-likeness (QED) is 0.773. The maximum Gasteiger partial charge on any atom is 0.333 e. The molecule has 3 aliphatic rings. The van der Waals surface area contributed by atoms with E-state index in [2.05, 4.69) is 20.8 Å². The number of carbonyl (C=O) groups is 2. The van der Waals surface area contributed by atoms with Gasteiger partial charge in [0.15, 0.2) is 0 Å². The van der Waals surface area contributed by atoms with Gasteiger partial charge in [0, 0.05) is 12.0 Å². The van der Waals surface area contributed by atoms with Crippen molar-refractivity contribution in [3.8, 4) is 0 Å². The van der Waals surface area contributed by atoms with Crippen LogP contribution in [0.5, 0.6) is 0 Å². The van der Waals surface area contributed by atoms with Crippen LogP contribution in [0.3, 0.4) is 0 Å². The molecule has 2 unspecified atom stereocenters. The van der Waals surface area contributed by atoms with E-state index in [-0.39, 0.29) is 35.6 Å². The Hall–Kier alpha value is -1.16. The van der Waals surface area contributed by atoms with E-state index in [0.29, 0.717) is 17.9 Å². The lowest BCUT2D eigenvalue weighted by Crippen LogP contribution is -2.58. The van der Waals surface area contributed by atoms with Crippen LogP contribution in [-0.4, -0.2) is 30.6 Å². The Balaban J connectivity index is 2.06. The van der Waals surface area contributed by atoms with Crippen LogP contribution in [-0.2, 0) is 14.3 Å². The second-order valence-corrected chi connectivity index (χ2v) is 9.36. The minimum atomic E-state index is -0.703. The van der Waals surface area contributed by atoms with Crippen LogP contribution in [0.4, 0.5) is 0 Å². The third kappa shape index (κ3) is 2.68. The van der Waals surface area contributed by atoms with Crippen molar-refractivity contribution in [1.82, 2.24) is 0 Å². The molecule has 3 rings (SSSR count). The largest absolute Gasteiger partial charge is 0.466 e. The van der Waals surface area contributed by atoms with Gasteiger partial charge in [-0.25, -0.2) is 4.79 Å². The zero-order valence-electron chi connectivity index (χ0n) is 16.1. The molecule has 25 heavy (non-hydrogen) atoms. The van der Waals surface area contributed by atoms with Crippen molar-refractivity contribution in [2.24, 2.45) is 28.1 Å². The molecule has 2 fully saturated rings. The minimum absolute atomic E-state index is 0.0252. The SMILES string of the molecule is COC(=O)C1=CCC2[C@@](CO)(CCC3C(C)(C)CCC[C@@]32C)C(=O)C1. The van der Waals surface area contributed by atoms with Crippen LogP contribution in [0.1, 0.15) is 65.7 Å². The zero-order valence-corrected chi connectivity index (χ0v) is 16.1. The molecule has 4 nitrogen and oxygen atoms in total. The molecule has 3 aliphatic carbocycles. The van der Waals surface area contributed by atoms with E-state index in [0.717, 1.165) is 19.3 Å². The zero-order chi connectivity index (χ0) is 18.5. The van der Waals surface area contributed by atoms with Crippen LogP contribution < -0.4 is 0 Å². The number of methoxy groups -OCH3 is 1. The van der Waals surface area contributed by atoms with Crippen molar-refractivity contribution in [3.63, 3.8) is 0 Å². The number of ether oxygens (including phenoxy) is 1. The summed E-state index contributed by atoms with van der Waals surface area (Å²) >= 11 is 0. The number of rotatable bonds is 2. The lowest BCUT2D eigenvalue weighted by Gasteiger charge is -2.62. The minimum Gasteiger partial charge on any atom is -0.466 e. The number of aliphatic hydroxyl groups is 1. The average Bonchev–Trinajstić information content (AvgIpc) is 2.71. The molecule has 0 aliphatic heterocycles. The van der Waals surface area contributed by atoms with E-state index in [9.17, 15) is 14.7 Å². The van der Waals surface area contributed by atoms with E-state index in [1.165, 1.54) is 20.0 Å². The molecule has 2 saturated carbocycles. The maximum absolute atomic E-state index is 13.2. The summed E-state index contributed by atoms with van der Waals surface area (Å²) in [5.74, 6) is 0.264. The van der Waals surface area contributed by atoms with E-state index in [4.69, 9.17) is 4.74 Å². The first kappa shape index (κ1) is 18.6. The summed E-state index contributed by atoms with van der Waals surface area (Å²) in [6.45, 7) is 6.93. The fraction of sp³-hybridized carbons (Fsp3) is 0.810. The number of fused-ring (bicyclic) bond motifs is 3. The van der Waals surface area contributed by atoms with Gasteiger partial charge in [0.25, 0.3) is 0 Å². The Kier molecular flexibility index (Phi) is 4.64. The van der Waals surface area contributed by atoms with E-state index in [1.54, 1.807) is 0 Å². The number of aliphatic hydroxyl groups excluding tert-OH is 1. The van der Waals surface area contributed by atoms with Crippen LogP contribution in [0.2, 0.25) is 0 Å². The van der Waals surface area contributed by atoms with Crippen molar-refractivity contribution in [1.29, 1.82) is 0 Å². The van der Waals surface area contributed by atoms with Gasteiger partial charge in [-0.15, -0.1) is 0 Å². The van der Waals surface area contributed by atoms with Crippen molar-refractivity contribution in [2.75, 3.05) is 13.7 Å². The van der Waals surface area contributed by atoms with Gasteiger partial charge in [0.1, 0.15) is 5.78 Å². The average molecular weight is 348 g/mol. The number of esters is 1. The first-order chi connectivity index (χ1) is 11.7. The topological polar surface area (TPSA) is 63.6 Å². The van der Waals surface area contributed by atoms with E-state index in [1.807, 2.05) is 6.08 Å². The summed E-state index contributed by atoms with van der Waals surface area (Å²) in [4.78, 5) is 25.2. The van der Waals surface area contributed by atoms with Crippen molar-refractivity contribution < 1.29 is 19.4 Å². The first-order valence-electron chi connectivity index (χ1n) is 9.63. The molecule has 1 N–H and O–H groups in total. The standard InChI is InChI=1S/C21H32O4/c1-19(2)9-5-10-20(3)15(19)8-11-21(13-22)16(20)7-6-14(12-17(21)23)18(24)25-4/h6,15-16,22H,5,7-13H2,1-4H3/t15?,16?,20-,21-/m0/s1. The van der Waals surface area contributed by atoms with Gasteiger partial charge in [0.2, 0.25) is 0 Å². The van der Waals surface area contributed by atoms with Gasteiger partial charge in [-0.05, 0) is 54.8 Å². The molecule has 0 radical (unpaired) electrons. The first-order valence-corrected chi connectivity index (χ1v) is 9.63. The van der Waals surface area contributed by atoms with Gasteiger partial charge >= 0.3 is 5.97 Å². The van der Waals surface area contributed by atoms with Crippen LogP contribution >= 0.6 is 0 Å². The highest BCUT2D eigenvalue weighted by molar-refractivity contribution is 5.98. The summed E-state index contributed by atoms with van der Waals surface area (Å²) < 4.78 is 4.86. The summed E-state index contributed by atoms with van der Waals surface area (Å²) in [6, 6.07) is 0. The Bertz CT molecular complexity index is 605. The number of carbonyl (C=O) groups excluding carboxylic acids is 2. The predicted molar refractivity (Wildman–Crippen MR) is 95.8 cm³/mol. The maximum atomic E-state index is 13.2. The molecule has 4 heteroatoms.